The predicted octanol–water partition coefficient (Wildman–Crippen LogP) is 10.2. The van der Waals surface area contributed by atoms with Crippen molar-refractivity contribution in [2.24, 2.45) is 0 Å². The summed E-state index contributed by atoms with van der Waals surface area (Å²) in [6.45, 7) is 1.94. The van der Waals surface area contributed by atoms with E-state index in [0.717, 1.165) is 57.8 Å². The zero-order valence-electron chi connectivity index (χ0n) is 37.3. The Kier molecular flexibility index (Phi) is 40.3. The highest BCUT2D eigenvalue weighted by atomic mass is 31.2. The van der Waals surface area contributed by atoms with Crippen molar-refractivity contribution in [3.63, 3.8) is 0 Å². The molecule has 3 unspecified atom stereocenters. The number of unbranched alkanes of at least 4 members (excludes halogenated alkanes) is 9. The summed E-state index contributed by atoms with van der Waals surface area (Å²) in [5, 5.41) is 39.1. The number of phosphoric acid groups is 1. The zero-order chi connectivity index (χ0) is 45.1. The van der Waals surface area contributed by atoms with E-state index in [1.54, 1.807) is 0 Å². The van der Waals surface area contributed by atoms with Crippen LogP contribution in [0.1, 0.15) is 155 Å². The molecule has 0 fully saturated rings. The summed E-state index contributed by atoms with van der Waals surface area (Å²) in [4.78, 5) is 35.1. The van der Waals surface area contributed by atoms with Crippen LogP contribution in [0.15, 0.2) is 85.1 Å². The molecule has 0 aromatic rings. The lowest BCUT2D eigenvalue weighted by Gasteiger charge is -2.20. The van der Waals surface area contributed by atoms with Crippen LogP contribution in [0.25, 0.3) is 0 Å². The summed E-state index contributed by atoms with van der Waals surface area (Å²) in [6, 6.07) is 0. The van der Waals surface area contributed by atoms with Gasteiger partial charge in [0.05, 0.1) is 32.0 Å². The van der Waals surface area contributed by atoms with Crippen molar-refractivity contribution < 1.29 is 58.0 Å². The summed E-state index contributed by atoms with van der Waals surface area (Å²) in [6.07, 6.45) is 42.8. The van der Waals surface area contributed by atoms with Crippen LogP contribution in [-0.4, -0.2) is 88.1 Å². The third kappa shape index (κ3) is 40.9. The van der Waals surface area contributed by atoms with Crippen LogP contribution < -0.4 is 0 Å². The molecule has 350 valence electrons. The summed E-state index contributed by atoms with van der Waals surface area (Å²) >= 11 is 0. The van der Waals surface area contributed by atoms with Crippen LogP contribution in [0.5, 0.6) is 0 Å². The topological polar surface area (TPSA) is 189 Å². The minimum Gasteiger partial charge on any atom is -0.462 e. The van der Waals surface area contributed by atoms with Gasteiger partial charge in [-0.2, -0.15) is 0 Å². The van der Waals surface area contributed by atoms with Crippen LogP contribution in [0.2, 0.25) is 0 Å². The molecule has 5 N–H and O–H groups in total. The number of aliphatic hydroxyl groups excluding tert-OH is 4. The number of rotatable bonds is 41. The summed E-state index contributed by atoms with van der Waals surface area (Å²) < 4.78 is 32.5. The molecule has 0 amide bonds. The van der Waals surface area contributed by atoms with Crippen molar-refractivity contribution in [2.45, 2.75) is 180 Å². The van der Waals surface area contributed by atoms with Crippen LogP contribution in [0.4, 0.5) is 0 Å². The lowest BCUT2D eigenvalue weighted by atomic mass is 10.0. The third-order valence-corrected chi connectivity index (χ3v) is 10.2. The average molecular weight is 881 g/mol. The Bertz CT molecular complexity index is 1320. The van der Waals surface area contributed by atoms with Gasteiger partial charge in [-0.15, -0.1) is 0 Å². The van der Waals surface area contributed by atoms with Crippen LogP contribution >= 0.6 is 7.82 Å². The number of aliphatic hydroxyl groups is 4. The highest BCUT2D eigenvalue weighted by Crippen LogP contribution is 2.43. The Hall–Kier alpha value is -2.93. The number of hydrogen-bond acceptors (Lipinski definition) is 11. The summed E-state index contributed by atoms with van der Waals surface area (Å²) in [5.74, 6) is -1.25. The fourth-order valence-corrected chi connectivity index (χ4v) is 6.34. The lowest BCUT2D eigenvalue weighted by Crippen LogP contribution is -2.30. The number of carbonyl (C=O) groups excluding carboxylic acids is 2. The molecule has 0 rings (SSSR count). The van der Waals surface area contributed by atoms with E-state index in [1.165, 1.54) is 38.5 Å². The molecule has 12 nitrogen and oxygen atoms in total. The van der Waals surface area contributed by atoms with Crippen LogP contribution in [0.3, 0.4) is 0 Å². The van der Waals surface area contributed by atoms with Gasteiger partial charge in [0.15, 0.2) is 6.10 Å². The Balaban J connectivity index is 4.59. The van der Waals surface area contributed by atoms with Crippen molar-refractivity contribution in [3.8, 4) is 0 Å². The number of allylic oxidation sites excluding steroid dienone is 13. The minimum absolute atomic E-state index is 0.125. The quantitative estimate of drug-likeness (QED) is 0.0169. The van der Waals surface area contributed by atoms with Crippen LogP contribution in [-0.2, 0) is 32.7 Å². The molecule has 0 spiro atoms. The number of carbonyl (C=O) groups is 2. The van der Waals surface area contributed by atoms with E-state index < -0.39 is 70.6 Å². The maximum atomic E-state index is 12.7. The number of esters is 2. The Morgan fingerprint density at radius 1 is 0.541 bits per heavy atom. The van der Waals surface area contributed by atoms with Crippen molar-refractivity contribution in [3.05, 3.63) is 85.1 Å². The molecule has 0 aliphatic carbocycles. The standard InChI is InChI=1S/C48H81O12P/c1-3-5-7-9-11-13-15-17-18-19-20-21-22-23-25-27-29-31-33-37-47(53)57-41-44(42-59-61(55,56)58-40-43(50)39-49)60-48(54)38-34-36-46(52)45(51)35-32-30-28-26-24-16-14-12-10-8-6-4-2/h11-14,17-18,20-21,23-26,30,32,43-46,49-52H,3-10,15-16,19,22,27-29,31,33-42H2,1-2H3,(H,55,56)/b13-11-,14-12-,18-17-,21-20-,25-23-,26-24-,32-30-/t43-,44+,45?,46?/m0/s1. The Labute approximate surface area is 367 Å². The smallest absolute Gasteiger partial charge is 0.462 e. The second-order valence-corrected chi connectivity index (χ2v) is 16.5. The van der Waals surface area contributed by atoms with E-state index in [1.807, 2.05) is 18.2 Å². The monoisotopic (exact) mass is 881 g/mol. The molecule has 5 atom stereocenters. The second-order valence-electron chi connectivity index (χ2n) is 15.0. The largest absolute Gasteiger partial charge is 0.472 e. The molecule has 0 heterocycles. The molecule has 0 aliphatic rings. The number of phosphoric ester groups is 1. The van der Waals surface area contributed by atoms with E-state index >= 15 is 0 Å². The zero-order valence-corrected chi connectivity index (χ0v) is 38.2. The molecule has 0 aromatic carbocycles. The molecule has 0 saturated heterocycles. The first-order valence-corrected chi connectivity index (χ1v) is 24.2. The molecular weight excluding hydrogens is 799 g/mol. The predicted molar refractivity (Wildman–Crippen MR) is 245 cm³/mol. The fourth-order valence-electron chi connectivity index (χ4n) is 5.55. The number of ether oxygens (including phenoxy) is 2. The number of hydrogen-bond donors (Lipinski definition) is 5. The van der Waals surface area contributed by atoms with Gasteiger partial charge in [-0.25, -0.2) is 4.57 Å². The normalized spacial score (nSPS) is 15.6. The van der Waals surface area contributed by atoms with Crippen molar-refractivity contribution in [1.82, 2.24) is 0 Å². The molecule has 0 aromatic heterocycles. The van der Waals surface area contributed by atoms with Gasteiger partial charge in [0.1, 0.15) is 12.7 Å². The Morgan fingerprint density at radius 3 is 1.51 bits per heavy atom. The van der Waals surface area contributed by atoms with Crippen molar-refractivity contribution in [1.29, 1.82) is 0 Å². The lowest BCUT2D eigenvalue weighted by molar-refractivity contribution is -0.161. The first-order valence-electron chi connectivity index (χ1n) is 22.7. The van der Waals surface area contributed by atoms with E-state index in [0.29, 0.717) is 12.8 Å². The molecule has 61 heavy (non-hydrogen) atoms. The molecular formula is C48H81O12P. The minimum atomic E-state index is -4.71. The van der Waals surface area contributed by atoms with Crippen LogP contribution in [0, 0.1) is 0 Å². The highest BCUT2D eigenvalue weighted by molar-refractivity contribution is 7.47. The summed E-state index contributed by atoms with van der Waals surface area (Å²) in [7, 11) is -4.71. The molecule has 0 saturated carbocycles. The SMILES string of the molecule is CCCCC/C=C\C/C=C\C/C=C\C/C=C\CCCCCC(=O)OC[C@H](COP(=O)(O)OC[C@@H](O)CO)OC(=O)CCCC(O)C(O)C/C=C\C/C=C\C/C=C\CCCCC. The maximum Gasteiger partial charge on any atom is 0.472 e. The molecule has 13 heteroatoms. The Morgan fingerprint density at radius 2 is 1.00 bits per heavy atom. The van der Waals surface area contributed by atoms with E-state index in [-0.39, 0.29) is 32.1 Å². The molecule has 0 bridgehead atoms. The first kappa shape index (κ1) is 58.1. The average Bonchev–Trinajstić information content (AvgIpc) is 3.24. The van der Waals surface area contributed by atoms with Crippen molar-refractivity contribution in [2.75, 3.05) is 26.4 Å². The maximum absolute atomic E-state index is 12.7. The summed E-state index contributed by atoms with van der Waals surface area (Å²) in [5.41, 5.74) is 0. The first-order chi connectivity index (χ1) is 29.5. The van der Waals surface area contributed by atoms with Gasteiger partial charge in [0.25, 0.3) is 0 Å². The van der Waals surface area contributed by atoms with E-state index in [9.17, 15) is 34.4 Å². The highest BCUT2D eigenvalue weighted by Gasteiger charge is 2.27. The van der Waals surface area contributed by atoms with E-state index in [4.69, 9.17) is 19.1 Å². The van der Waals surface area contributed by atoms with Gasteiger partial charge in [-0.1, -0.05) is 131 Å². The second kappa shape index (κ2) is 42.4. The molecule has 0 aliphatic heterocycles. The van der Waals surface area contributed by atoms with Gasteiger partial charge >= 0.3 is 19.8 Å². The fraction of sp³-hybridized carbons (Fsp3) is 0.667. The van der Waals surface area contributed by atoms with Gasteiger partial charge in [-0.3, -0.25) is 18.6 Å². The van der Waals surface area contributed by atoms with E-state index in [2.05, 4.69) is 85.2 Å². The van der Waals surface area contributed by atoms with Gasteiger partial charge < -0.3 is 34.8 Å². The van der Waals surface area contributed by atoms with Crippen molar-refractivity contribution >= 4 is 19.8 Å². The van der Waals surface area contributed by atoms with Gasteiger partial charge in [0.2, 0.25) is 0 Å². The molecule has 0 radical (unpaired) electrons. The van der Waals surface area contributed by atoms with Gasteiger partial charge in [-0.05, 0) is 96.3 Å². The van der Waals surface area contributed by atoms with Gasteiger partial charge in [0, 0.05) is 12.8 Å². The third-order valence-electron chi connectivity index (χ3n) is 9.22.